The van der Waals surface area contributed by atoms with E-state index in [1.54, 1.807) is 22.7 Å². The molecule has 0 bridgehead atoms. The summed E-state index contributed by atoms with van der Waals surface area (Å²) in [4.78, 5) is 32.6. The van der Waals surface area contributed by atoms with Crippen molar-refractivity contribution in [3.63, 3.8) is 0 Å². The molecule has 2 aromatic carbocycles. The predicted molar refractivity (Wildman–Crippen MR) is 180 cm³/mol. The van der Waals surface area contributed by atoms with Crippen molar-refractivity contribution >= 4 is 67.1 Å². The monoisotopic (exact) mass is 676 g/mol. The lowest BCUT2D eigenvalue weighted by Gasteiger charge is -2.27. The molecule has 2 N–H and O–H groups in total. The third kappa shape index (κ3) is 11.5. The van der Waals surface area contributed by atoms with Crippen molar-refractivity contribution in [2.75, 3.05) is 52.5 Å². The van der Waals surface area contributed by atoms with Crippen LogP contribution in [0.2, 0.25) is 0 Å². The Morgan fingerprint density at radius 2 is 1.44 bits per heavy atom. The van der Waals surface area contributed by atoms with E-state index in [0.717, 1.165) is 82.9 Å². The van der Waals surface area contributed by atoms with Crippen LogP contribution in [0.15, 0.2) is 36.4 Å². The van der Waals surface area contributed by atoms with Gasteiger partial charge in [-0.25, -0.2) is 9.97 Å². The van der Waals surface area contributed by atoms with Gasteiger partial charge in [0.2, 0.25) is 0 Å². The number of likely N-dealkylation sites (tertiary alicyclic amines) is 1. The Morgan fingerprint density at radius 1 is 0.911 bits per heavy atom. The molecule has 0 radical (unpaired) electrons. The third-order valence-electron chi connectivity index (χ3n) is 7.26. The minimum atomic E-state index is -0.555. The zero-order valence-corrected chi connectivity index (χ0v) is 28.1. The van der Waals surface area contributed by atoms with Gasteiger partial charge in [-0.15, -0.1) is 35.1 Å². The van der Waals surface area contributed by atoms with Gasteiger partial charge in [0, 0.05) is 70.5 Å². The van der Waals surface area contributed by atoms with Gasteiger partial charge >= 0.3 is 0 Å². The average Bonchev–Trinajstić information content (AvgIpc) is 3.66. The van der Waals surface area contributed by atoms with Crippen molar-refractivity contribution < 1.29 is 28.9 Å². The van der Waals surface area contributed by atoms with Gasteiger partial charge < -0.3 is 24.6 Å². The van der Waals surface area contributed by atoms with E-state index in [9.17, 15) is 14.7 Å². The molecule has 0 unspecified atom stereocenters. The molecule has 13 heteroatoms. The van der Waals surface area contributed by atoms with Gasteiger partial charge in [0.05, 0.1) is 37.1 Å². The van der Waals surface area contributed by atoms with E-state index in [2.05, 4.69) is 26.3 Å². The van der Waals surface area contributed by atoms with Crippen molar-refractivity contribution in [1.29, 1.82) is 0 Å². The summed E-state index contributed by atoms with van der Waals surface area (Å²) in [5.74, 6) is 2.32. The van der Waals surface area contributed by atoms with Crippen molar-refractivity contribution in [3.05, 3.63) is 46.4 Å². The van der Waals surface area contributed by atoms with E-state index in [0.29, 0.717) is 43.7 Å². The van der Waals surface area contributed by atoms with Gasteiger partial charge in [0.1, 0.15) is 48.5 Å². The zero-order chi connectivity index (χ0) is 30.9. The third-order valence-corrected chi connectivity index (χ3v) is 9.16. The molecule has 0 saturated carbocycles. The Hall–Kier alpha value is -2.71. The number of thiazole rings is 2. The highest BCUT2D eigenvalue weighted by atomic mass is 35.5. The van der Waals surface area contributed by atoms with Crippen molar-refractivity contribution in [1.82, 2.24) is 20.2 Å². The molecule has 7 rings (SSSR count). The number of aryl methyl sites for hydroxylation is 2. The minimum absolute atomic E-state index is 0. The number of ether oxygens (including phenoxy) is 3. The number of β-amino-alcohol motifs (C(OH)–C–C–N with tert-alkyl or cyclic N) is 1. The predicted octanol–water partition coefficient (Wildman–Crippen LogP) is 4.75. The minimum Gasteiger partial charge on any atom is -0.491 e. The number of rotatable bonds is 8. The highest BCUT2D eigenvalue weighted by Gasteiger charge is 2.23. The van der Waals surface area contributed by atoms with Gasteiger partial charge in [-0.1, -0.05) is 0 Å². The molecule has 10 nitrogen and oxygen atoms in total. The highest BCUT2D eigenvalue weighted by molar-refractivity contribution is 7.18. The maximum Gasteiger partial charge on any atom is 0.135 e. The number of aromatic nitrogens is 2. The van der Waals surface area contributed by atoms with Crippen LogP contribution < -0.4 is 14.8 Å². The Morgan fingerprint density at radius 3 is 1.96 bits per heavy atom. The Labute approximate surface area is 277 Å². The summed E-state index contributed by atoms with van der Waals surface area (Å²) < 4.78 is 18.7. The molecule has 2 atom stereocenters. The number of Topliss-reactive ketones (excluding diaryl/α,β-unsaturated/α-hetero) is 2. The average molecular weight is 677 g/mol. The number of piperidine rings is 2. The number of fused-ring (bicyclic) bond motifs is 2. The van der Waals surface area contributed by atoms with Crippen LogP contribution in [0.5, 0.6) is 11.5 Å². The van der Waals surface area contributed by atoms with Crippen LogP contribution >= 0.6 is 35.1 Å². The largest absolute Gasteiger partial charge is 0.491 e. The van der Waals surface area contributed by atoms with E-state index in [1.165, 1.54) is 4.70 Å². The lowest BCUT2D eigenvalue weighted by Crippen LogP contribution is -2.40. The fraction of sp³-hybridized carbons (Fsp3) is 0.500. The Kier molecular flexibility index (Phi) is 13.5. The molecule has 45 heavy (non-hydrogen) atoms. The van der Waals surface area contributed by atoms with Crippen LogP contribution in [0, 0.1) is 13.8 Å². The lowest BCUT2D eigenvalue weighted by atomic mass is 10.1. The van der Waals surface area contributed by atoms with Crippen molar-refractivity contribution in [3.8, 4) is 11.5 Å². The van der Waals surface area contributed by atoms with Crippen LogP contribution in [-0.2, 0) is 14.3 Å². The van der Waals surface area contributed by atoms with Gasteiger partial charge in [-0.2, -0.15) is 0 Å². The first kappa shape index (κ1) is 35.1. The fourth-order valence-corrected chi connectivity index (χ4v) is 6.43. The molecule has 0 spiro atoms. The number of epoxide rings is 1. The summed E-state index contributed by atoms with van der Waals surface area (Å²) >= 11 is 3.36. The van der Waals surface area contributed by atoms with E-state index in [-0.39, 0.29) is 19.0 Å². The standard InChI is InChI=1S/C16H20N2O3S.C11H11NO2S.C5H9NO.ClH/c1-11-17-15-8-14(2-3-16(15)22-11)21-10-13(20)9-18-6-4-12(19)5-7-18;1-7-12-10-4-8(2-3-11(10)15-7)13-5-9-6-14-9;7-5-1-3-6-4-2-5;/h2-3,8,13,20H,4-7,9-10H2,1H3;2-4,9H,5-6H2,1H3;6H,1-4H2;1H/t13-;9-;;/m10../s1. The molecule has 244 valence electrons. The highest BCUT2D eigenvalue weighted by Crippen LogP contribution is 2.27. The van der Waals surface area contributed by atoms with Crippen LogP contribution in [0.25, 0.3) is 20.4 Å². The quantitative estimate of drug-likeness (QED) is 0.253. The number of halogens is 1. The Balaban J connectivity index is 0.000000172. The van der Waals surface area contributed by atoms with Gasteiger partial charge in [0.25, 0.3) is 0 Å². The van der Waals surface area contributed by atoms with Gasteiger partial charge in [0.15, 0.2) is 0 Å². The summed E-state index contributed by atoms with van der Waals surface area (Å²) in [6.45, 7) is 9.52. The summed E-state index contributed by atoms with van der Waals surface area (Å²) in [6.07, 6.45) is 2.40. The first-order valence-electron chi connectivity index (χ1n) is 15.1. The smallest absolute Gasteiger partial charge is 0.135 e. The van der Waals surface area contributed by atoms with Gasteiger partial charge in [-0.05, 0) is 38.1 Å². The molecule has 3 aliphatic heterocycles. The van der Waals surface area contributed by atoms with Crippen LogP contribution in [0.4, 0.5) is 0 Å². The van der Waals surface area contributed by atoms with Gasteiger partial charge in [-0.3, -0.25) is 14.5 Å². The number of hydrogen-bond donors (Lipinski definition) is 2. The van der Waals surface area contributed by atoms with Crippen LogP contribution in [0.1, 0.15) is 35.7 Å². The topological polar surface area (TPSA) is 126 Å². The molecule has 2 aromatic heterocycles. The number of hydrogen-bond acceptors (Lipinski definition) is 12. The Bertz CT molecular complexity index is 1540. The second kappa shape index (κ2) is 17.3. The number of ketones is 2. The molecular formula is C32H41ClN4O6S2. The summed E-state index contributed by atoms with van der Waals surface area (Å²) in [6, 6.07) is 11.8. The van der Waals surface area contributed by atoms with Crippen LogP contribution in [-0.4, -0.2) is 96.3 Å². The molecule has 3 fully saturated rings. The molecule has 3 saturated heterocycles. The molecule has 0 amide bonds. The number of nitrogens with zero attached hydrogens (tertiary/aromatic N) is 3. The molecule has 3 aliphatic rings. The van der Waals surface area contributed by atoms with Crippen LogP contribution in [0.3, 0.4) is 0 Å². The van der Waals surface area contributed by atoms with E-state index >= 15 is 0 Å². The normalized spacial score (nSPS) is 18.7. The maximum absolute atomic E-state index is 11.2. The number of aliphatic hydroxyl groups excluding tert-OH is 1. The molecule has 5 heterocycles. The number of carbonyl (C=O) groups is 2. The number of carbonyl (C=O) groups excluding carboxylic acids is 2. The maximum atomic E-state index is 11.2. The summed E-state index contributed by atoms with van der Waals surface area (Å²) in [7, 11) is 0. The first-order valence-corrected chi connectivity index (χ1v) is 16.7. The zero-order valence-electron chi connectivity index (χ0n) is 25.7. The fourth-order valence-electron chi connectivity index (χ4n) is 4.81. The van der Waals surface area contributed by atoms with E-state index in [4.69, 9.17) is 14.2 Å². The number of nitrogens with one attached hydrogen (secondary N) is 1. The van der Waals surface area contributed by atoms with Crippen molar-refractivity contribution in [2.45, 2.75) is 51.7 Å². The second-order valence-corrected chi connectivity index (χ2v) is 13.6. The van der Waals surface area contributed by atoms with E-state index in [1.807, 2.05) is 44.2 Å². The first-order chi connectivity index (χ1) is 21.3. The number of aliphatic hydroxyl groups is 1. The van der Waals surface area contributed by atoms with E-state index < -0.39 is 6.10 Å². The molecular weight excluding hydrogens is 636 g/mol. The lowest BCUT2D eigenvalue weighted by molar-refractivity contribution is -0.122. The second-order valence-electron chi connectivity index (χ2n) is 11.1. The summed E-state index contributed by atoms with van der Waals surface area (Å²) in [5, 5.41) is 15.3. The van der Waals surface area contributed by atoms with Crippen molar-refractivity contribution in [2.24, 2.45) is 0 Å². The molecule has 0 aliphatic carbocycles. The SMILES string of the molecule is Cc1nc2cc(OC[C@H](O)CN3CCC(=O)CC3)ccc2s1.Cc1nc2cc(OC[C@H]3CO3)ccc2s1.Cl.O=C1CCNCC1. The molecule has 4 aromatic rings. The summed E-state index contributed by atoms with van der Waals surface area (Å²) in [5.41, 5.74) is 1.95. The number of benzene rings is 2.